The summed E-state index contributed by atoms with van der Waals surface area (Å²) >= 11 is 0. The Morgan fingerprint density at radius 2 is 2.10 bits per heavy atom. The summed E-state index contributed by atoms with van der Waals surface area (Å²) < 4.78 is 13.8. The maximum atomic E-state index is 13.8. The summed E-state index contributed by atoms with van der Waals surface area (Å²) in [6.07, 6.45) is 7.96. The van der Waals surface area contributed by atoms with Crippen molar-refractivity contribution in [3.05, 3.63) is 35.6 Å². The molecule has 2 aliphatic rings. The van der Waals surface area contributed by atoms with Gasteiger partial charge in [0.1, 0.15) is 5.82 Å². The lowest BCUT2D eigenvalue weighted by Crippen LogP contribution is -2.25. The summed E-state index contributed by atoms with van der Waals surface area (Å²) in [4.78, 5) is 0. The molecule has 4 atom stereocenters. The first-order valence-electron chi connectivity index (χ1n) is 8.14. The van der Waals surface area contributed by atoms with Crippen molar-refractivity contribution in [1.82, 2.24) is 5.32 Å². The number of hydrogen-bond donors (Lipinski definition) is 1. The first kappa shape index (κ1) is 14.1. The van der Waals surface area contributed by atoms with Crippen LogP contribution < -0.4 is 5.32 Å². The first-order valence-corrected chi connectivity index (χ1v) is 8.14. The second kappa shape index (κ2) is 6.26. The third-order valence-electron chi connectivity index (χ3n) is 5.48. The van der Waals surface area contributed by atoms with Crippen LogP contribution in [0.4, 0.5) is 4.39 Å². The van der Waals surface area contributed by atoms with Crippen LogP contribution in [-0.2, 0) is 6.42 Å². The van der Waals surface area contributed by atoms with Gasteiger partial charge in [-0.3, -0.25) is 0 Å². The van der Waals surface area contributed by atoms with Gasteiger partial charge in [-0.25, -0.2) is 4.39 Å². The van der Waals surface area contributed by atoms with Crippen LogP contribution in [0.15, 0.2) is 24.3 Å². The van der Waals surface area contributed by atoms with Gasteiger partial charge in [0.05, 0.1) is 0 Å². The van der Waals surface area contributed by atoms with E-state index in [1.54, 1.807) is 12.1 Å². The zero-order chi connectivity index (χ0) is 13.9. The molecule has 2 fully saturated rings. The fraction of sp³-hybridized carbons (Fsp3) is 0.667. The highest BCUT2D eigenvalue weighted by Crippen LogP contribution is 2.50. The lowest BCUT2D eigenvalue weighted by atomic mass is 9.80. The minimum absolute atomic E-state index is 0.0402. The van der Waals surface area contributed by atoms with Crippen LogP contribution >= 0.6 is 0 Å². The molecule has 3 rings (SSSR count). The number of hydrogen-bond acceptors (Lipinski definition) is 1. The van der Waals surface area contributed by atoms with Gasteiger partial charge < -0.3 is 5.32 Å². The molecule has 0 aliphatic heterocycles. The van der Waals surface area contributed by atoms with E-state index in [0.717, 1.165) is 36.3 Å². The van der Waals surface area contributed by atoms with Crippen molar-refractivity contribution in [2.45, 2.75) is 38.5 Å². The van der Waals surface area contributed by atoms with Gasteiger partial charge in [0.25, 0.3) is 0 Å². The third-order valence-corrected chi connectivity index (χ3v) is 5.48. The van der Waals surface area contributed by atoms with Gasteiger partial charge in [-0.2, -0.15) is 0 Å². The Hall–Kier alpha value is -0.890. The Kier molecular flexibility index (Phi) is 4.40. The Labute approximate surface area is 122 Å². The smallest absolute Gasteiger partial charge is 0.126 e. The van der Waals surface area contributed by atoms with Crippen LogP contribution in [0.3, 0.4) is 0 Å². The summed E-state index contributed by atoms with van der Waals surface area (Å²) in [5, 5.41) is 3.30. The summed E-state index contributed by atoms with van der Waals surface area (Å²) in [5.74, 6) is 3.41. The van der Waals surface area contributed by atoms with Crippen LogP contribution in [0.2, 0.25) is 0 Å². The van der Waals surface area contributed by atoms with Crippen LogP contribution in [0.5, 0.6) is 0 Å². The Morgan fingerprint density at radius 3 is 2.75 bits per heavy atom. The molecule has 0 heterocycles. The molecule has 0 radical (unpaired) electrons. The van der Waals surface area contributed by atoms with Crippen LogP contribution in [0.1, 0.15) is 37.7 Å². The molecule has 2 saturated carbocycles. The zero-order valence-corrected chi connectivity index (χ0v) is 12.4. The number of benzene rings is 1. The van der Waals surface area contributed by atoms with Crippen molar-refractivity contribution < 1.29 is 4.39 Å². The van der Waals surface area contributed by atoms with E-state index in [1.165, 1.54) is 32.1 Å². The molecule has 110 valence electrons. The van der Waals surface area contributed by atoms with Crippen molar-refractivity contribution in [2.24, 2.45) is 23.7 Å². The Morgan fingerprint density at radius 1 is 1.25 bits per heavy atom. The van der Waals surface area contributed by atoms with Gasteiger partial charge in [0.2, 0.25) is 0 Å². The van der Waals surface area contributed by atoms with Gasteiger partial charge >= 0.3 is 0 Å². The van der Waals surface area contributed by atoms with E-state index in [1.807, 2.05) is 19.2 Å². The molecule has 0 saturated heterocycles. The van der Waals surface area contributed by atoms with Gasteiger partial charge in [-0.05, 0) is 81.0 Å². The van der Waals surface area contributed by atoms with Gasteiger partial charge in [-0.1, -0.05) is 24.6 Å². The summed E-state index contributed by atoms with van der Waals surface area (Å²) in [6, 6.07) is 7.26. The molecule has 0 amide bonds. The minimum atomic E-state index is -0.0402. The molecular formula is C18H26FN. The molecule has 20 heavy (non-hydrogen) atoms. The quantitative estimate of drug-likeness (QED) is 0.826. The topological polar surface area (TPSA) is 12.0 Å². The largest absolute Gasteiger partial charge is 0.319 e. The summed E-state index contributed by atoms with van der Waals surface area (Å²) in [7, 11) is 2.01. The van der Waals surface area contributed by atoms with E-state index >= 15 is 0 Å². The molecule has 2 heteroatoms. The van der Waals surface area contributed by atoms with E-state index in [9.17, 15) is 4.39 Å². The Bertz CT molecular complexity index is 445. The van der Waals surface area contributed by atoms with Crippen LogP contribution in [-0.4, -0.2) is 13.6 Å². The molecular weight excluding hydrogens is 249 g/mol. The molecule has 1 aromatic carbocycles. The number of fused-ring (bicyclic) bond motifs is 2. The van der Waals surface area contributed by atoms with E-state index < -0.39 is 0 Å². The monoisotopic (exact) mass is 275 g/mol. The van der Waals surface area contributed by atoms with E-state index in [-0.39, 0.29) is 5.82 Å². The van der Waals surface area contributed by atoms with E-state index in [4.69, 9.17) is 0 Å². The van der Waals surface area contributed by atoms with Gasteiger partial charge in [-0.15, -0.1) is 0 Å². The predicted octanol–water partition coefficient (Wildman–Crippen LogP) is 4.03. The van der Waals surface area contributed by atoms with Crippen molar-refractivity contribution in [3.8, 4) is 0 Å². The van der Waals surface area contributed by atoms with E-state index in [2.05, 4.69) is 5.32 Å². The first-order chi connectivity index (χ1) is 9.76. The summed E-state index contributed by atoms with van der Waals surface area (Å²) in [6.45, 7) is 1.00. The molecule has 1 N–H and O–H groups in total. The molecule has 1 aromatic rings. The second-order valence-corrected chi connectivity index (χ2v) is 6.89. The maximum Gasteiger partial charge on any atom is 0.126 e. The highest BCUT2D eigenvalue weighted by atomic mass is 19.1. The number of rotatable bonds is 6. The highest BCUT2D eigenvalue weighted by Gasteiger charge is 2.39. The fourth-order valence-electron chi connectivity index (χ4n) is 4.60. The lowest BCUT2D eigenvalue weighted by molar-refractivity contribution is 0.262. The third kappa shape index (κ3) is 3.06. The SMILES string of the molecule is CNCC(Cc1ccccc1F)CC1CC2CCC1C2. The predicted molar refractivity (Wildman–Crippen MR) is 81.1 cm³/mol. The van der Waals surface area contributed by atoms with Crippen molar-refractivity contribution in [2.75, 3.05) is 13.6 Å². The molecule has 0 spiro atoms. The molecule has 1 nitrogen and oxygen atoms in total. The van der Waals surface area contributed by atoms with Crippen LogP contribution in [0.25, 0.3) is 0 Å². The number of nitrogens with one attached hydrogen (secondary N) is 1. The summed E-state index contributed by atoms with van der Waals surface area (Å²) in [5.41, 5.74) is 0.885. The molecule has 4 unspecified atom stereocenters. The molecule has 2 bridgehead atoms. The minimum Gasteiger partial charge on any atom is -0.319 e. The maximum absolute atomic E-state index is 13.8. The standard InChI is InChI=1S/C18H26FN/c1-20-12-14(10-16-4-2-3-5-18(16)19)11-17-9-13-6-7-15(17)8-13/h2-5,13-15,17,20H,6-12H2,1H3. The van der Waals surface area contributed by atoms with Crippen molar-refractivity contribution in [1.29, 1.82) is 0 Å². The number of halogens is 1. The van der Waals surface area contributed by atoms with Gasteiger partial charge in [0.15, 0.2) is 0 Å². The average Bonchev–Trinajstić information content (AvgIpc) is 3.04. The van der Waals surface area contributed by atoms with Crippen LogP contribution in [0, 0.1) is 29.5 Å². The van der Waals surface area contributed by atoms with Gasteiger partial charge in [0, 0.05) is 0 Å². The van der Waals surface area contributed by atoms with Crippen molar-refractivity contribution >= 4 is 0 Å². The normalized spacial score (nSPS) is 29.8. The Balaban J connectivity index is 1.62. The zero-order valence-electron chi connectivity index (χ0n) is 12.4. The molecule has 2 aliphatic carbocycles. The lowest BCUT2D eigenvalue weighted by Gasteiger charge is -2.27. The van der Waals surface area contributed by atoms with E-state index in [0.29, 0.717) is 5.92 Å². The second-order valence-electron chi connectivity index (χ2n) is 6.89. The van der Waals surface area contributed by atoms with Crippen molar-refractivity contribution in [3.63, 3.8) is 0 Å². The molecule has 0 aromatic heterocycles. The fourth-order valence-corrected chi connectivity index (χ4v) is 4.60. The highest BCUT2D eigenvalue weighted by molar-refractivity contribution is 5.18. The average molecular weight is 275 g/mol.